The quantitative estimate of drug-likeness (QED) is 0.684. The normalized spacial score (nSPS) is 11.7. The molecule has 0 spiro atoms. The van der Waals surface area contributed by atoms with Gasteiger partial charge in [-0.3, -0.25) is 0 Å². The van der Waals surface area contributed by atoms with E-state index < -0.39 is 0 Å². The molecule has 1 aromatic rings. The Bertz CT molecular complexity index is 318. The van der Waals surface area contributed by atoms with Crippen molar-refractivity contribution in [2.75, 3.05) is 13.1 Å². The van der Waals surface area contributed by atoms with Crippen molar-refractivity contribution in [2.45, 2.75) is 53.4 Å². The van der Waals surface area contributed by atoms with E-state index in [1.807, 2.05) is 6.20 Å². The Kier molecular flexibility index (Phi) is 7.02. The highest BCUT2D eigenvalue weighted by atomic mass is 16.4. The maximum atomic E-state index is 5.72. The molecule has 0 saturated heterocycles. The lowest BCUT2D eigenvalue weighted by molar-refractivity contribution is 0.428. The molecule has 1 rings (SSSR count). The standard InChI is InChI=1S/C15H28N2O/c1-12(2)7-8-14-11-17-15(18-14)6-5-9-16-10-13(3)4/h11-13,16H,5-10H2,1-4H3. The molecule has 3 nitrogen and oxygen atoms in total. The highest BCUT2D eigenvalue weighted by Gasteiger charge is 2.05. The first-order valence-electron chi connectivity index (χ1n) is 7.22. The maximum absolute atomic E-state index is 5.72. The zero-order chi connectivity index (χ0) is 13.4. The molecular formula is C15H28N2O. The van der Waals surface area contributed by atoms with Crippen LogP contribution < -0.4 is 5.32 Å². The van der Waals surface area contributed by atoms with Gasteiger partial charge in [0.05, 0.1) is 6.20 Å². The summed E-state index contributed by atoms with van der Waals surface area (Å²) in [5.74, 6) is 3.36. The van der Waals surface area contributed by atoms with Crippen LogP contribution in [0.1, 0.15) is 52.2 Å². The second kappa shape index (κ2) is 8.30. The molecule has 0 unspecified atom stereocenters. The third-order valence-electron chi connectivity index (χ3n) is 2.87. The number of nitrogens with one attached hydrogen (secondary N) is 1. The predicted molar refractivity (Wildman–Crippen MR) is 75.7 cm³/mol. The van der Waals surface area contributed by atoms with Crippen molar-refractivity contribution in [3.63, 3.8) is 0 Å². The van der Waals surface area contributed by atoms with Crippen LogP contribution in [0.2, 0.25) is 0 Å². The van der Waals surface area contributed by atoms with Gasteiger partial charge in [0.25, 0.3) is 0 Å². The number of hydrogen-bond acceptors (Lipinski definition) is 3. The maximum Gasteiger partial charge on any atom is 0.194 e. The molecule has 1 heterocycles. The summed E-state index contributed by atoms with van der Waals surface area (Å²) in [4.78, 5) is 4.33. The highest BCUT2D eigenvalue weighted by Crippen LogP contribution is 2.11. The molecule has 0 saturated carbocycles. The van der Waals surface area contributed by atoms with Gasteiger partial charge in [0.2, 0.25) is 0 Å². The molecule has 0 amide bonds. The summed E-state index contributed by atoms with van der Waals surface area (Å²) < 4.78 is 5.72. The smallest absolute Gasteiger partial charge is 0.194 e. The first-order chi connectivity index (χ1) is 8.58. The van der Waals surface area contributed by atoms with Crippen LogP contribution in [-0.4, -0.2) is 18.1 Å². The third-order valence-corrected chi connectivity index (χ3v) is 2.87. The molecule has 0 atom stereocenters. The number of nitrogens with zero attached hydrogens (tertiary/aromatic N) is 1. The van der Waals surface area contributed by atoms with Crippen molar-refractivity contribution in [3.8, 4) is 0 Å². The van der Waals surface area contributed by atoms with Gasteiger partial charge in [-0.25, -0.2) is 4.98 Å². The van der Waals surface area contributed by atoms with Crippen LogP contribution in [0.15, 0.2) is 10.6 Å². The topological polar surface area (TPSA) is 38.1 Å². The Hall–Kier alpha value is -0.830. The molecular weight excluding hydrogens is 224 g/mol. The Morgan fingerprint density at radius 1 is 1.17 bits per heavy atom. The lowest BCUT2D eigenvalue weighted by atomic mass is 10.1. The lowest BCUT2D eigenvalue weighted by Gasteiger charge is -2.05. The van der Waals surface area contributed by atoms with Gasteiger partial charge in [0.15, 0.2) is 5.89 Å². The SMILES string of the molecule is CC(C)CCc1cnc(CCCNCC(C)C)o1. The van der Waals surface area contributed by atoms with Gasteiger partial charge < -0.3 is 9.73 Å². The van der Waals surface area contributed by atoms with Crippen molar-refractivity contribution in [3.05, 3.63) is 17.8 Å². The van der Waals surface area contributed by atoms with Crippen molar-refractivity contribution in [1.82, 2.24) is 10.3 Å². The molecule has 0 aliphatic heterocycles. The number of hydrogen-bond donors (Lipinski definition) is 1. The van der Waals surface area contributed by atoms with Crippen LogP contribution >= 0.6 is 0 Å². The summed E-state index contributed by atoms with van der Waals surface area (Å²) in [6.45, 7) is 11.0. The molecule has 18 heavy (non-hydrogen) atoms. The Morgan fingerprint density at radius 3 is 2.61 bits per heavy atom. The fourth-order valence-electron chi connectivity index (χ4n) is 1.77. The van der Waals surface area contributed by atoms with E-state index in [2.05, 4.69) is 38.0 Å². The summed E-state index contributed by atoms with van der Waals surface area (Å²) in [6.07, 6.45) is 6.10. The van der Waals surface area contributed by atoms with E-state index in [4.69, 9.17) is 4.42 Å². The highest BCUT2D eigenvalue weighted by molar-refractivity contribution is 4.94. The summed E-state index contributed by atoms with van der Waals surface area (Å²) >= 11 is 0. The summed E-state index contributed by atoms with van der Waals surface area (Å²) in [5, 5.41) is 3.43. The average Bonchev–Trinajstić information content (AvgIpc) is 2.73. The number of aryl methyl sites for hydroxylation is 2. The minimum absolute atomic E-state index is 0.717. The van der Waals surface area contributed by atoms with Crippen LogP contribution in [0.3, 0.4) is 0 Å². The van der Waals surface area contributed by atoms with Gasteiger partial charge in [-0.15, -0.1) is 0 Å². The van der Waals surface area contributed by atoms with E-state index in [0.717, 1.165) is 55.8 Å². The van der Waals surface area contributed by atoms with Crippen molar-refractivity contribution in [1.29, 1.82) is 0 Å². The van der Waals surface area contributed by atoms with Crippen molar-refractivity contribution >= 4 is 0 Å². The lowest BCUT2D eigenvalue weighted by Crippen LogP contribution is -2.21. The molecule has 0 aromatic carbocycles. The molecule has 1 N–H and O–H groups in total. The van der Waals surface area contributed by atoms with E-state index in [1.165, 1.54) is 6.42 Å². The van der Waals surface area contributed by atoms with E-state index in [9.17, 15) is 0 Å². The monoisotopic (exact) mass is 252 g/mol. The number of oxazole rings is 1. The first kappa shape index (κ1) is 15.2. The fourth-order valence-corrected chi connectivity index (χ4v) is 1.77. The minimum atomic E-state index is 0.717. The Morgan fingerprint density at radius 2 is 1.94 bits per heavy atom. The zero-order valence-electron chi connectivity index (χ0n) is 12.3. The van der Waals surface area contributed by atoms with Crippen LogP contribution in [0, 0.1) is 11.8 Å². The second-order valence-electron chi connectivity index (χ2n) is 5.85. The van der Waals surface area contributed by atoms with E-state index in [1.54, 1.807) is 0 Å². The Labute approximate surface area is 111 Å². The van der Waals surface area contributed by atoms with Crippen molar-refractivity contribution in [2.24, 2.45) is 11.8 Å². The van der Waals surface area contributed by atoms with Gasteiger partial charge in [0.1, 0.15) is 5.76 Å². The number of rotatable bonds is 9. The molecule has 104 valence electrons. The molecule has 0 fully saturated rings. The second-order valence-corrected chi connectivity index (χ2v) is 5.85. The van der Waals surface area contributed by atoms with Crippen LogP contribution in [0.4, 0.5) is 0 Å². The van der Waals surface area contributed by atoms with Gasteiger partial charge >= 0.3 is 0 Å². The summed E-state index contributed by atoms with van der Waals surface area (Å²) in [6, 6.07) is 0. The summed E-state index contributed by atoms with van der Waals surface area (Å²) in [5.41, 5.74) is 0. The van der Waals surface area contributed by atoms with E-state index in [0.29, 0.717) is 0 Å². The van der Waals surface area contributed by atoms with Crippen molar-refractivity contribution < 1.29 is 4.42 Å². The molecule has 0 radical (unpaired) electrons. The third kappa shape index (κ3) is 6.80. The molecule has 0 bridgehead atoms. The van der Waals surface area contributed by atoms with Gasteiger partial charge in [-0.05, 0) is 37.8 Å². The molecule has 0 aliphatic carbocycles. The van der Waals surface area contributed by atoms with Crippen LogP contribution in [0.25, 0.3) is 0 Å². The van der Waals surface area contributed by atoms with E-state index >= 15 is 0 Å². The fraction of sp³-hybridized carbons (Fsp3) is 0.800. The predicted octanol–water partition coefficient (Wildman–Crippen LogP) is 3.44. The first-order valence-corrected chi connectivity index (χ1v) is 7.22. The van der Waals surface area contributed by atoms with Gasteiger partial charge in [-0.2, -0.15) is 0 Å². The molecule has 3 heteroatoms. The minimum Gasteiger partial charge on any atom is -0.446 e. The zero-order valence-corrected chi connectivity index (χ0v) is 12.3. The molecule has 1 aromatic heterocycles. The largest absolute Gasteiger partial charge is 0.446 e. The average molecular weight is 252 g/mol. The molecule has 0 aliphatic rings. The Balaban J connectivity index is 2.15. The number of aromatic nitrogens is 1. The van der Waals surface area contributed by atoms with Crippen LogP contribution in [-0.2, 0) is 12.8 Å². The van der Waals surface area contributed by atoms with E-state index in [-0.39, 0.29) is 0 Å². The van der Waals surface area contributed by atoms with Crippen LogP contribution in [0.5, 0.6) is 0 Å². The van der Waals surface area contributed by atoms with Gasteiger partial charge in [0, 0.05) is 12.8 Å². The summed E-state index contributed by atoms with van der Waals surface area (Å²) in [7, 11) is 0. The van der Waals surface area contributed by atoms with Gasteiger partial charge in [-0.1, -0.05) is 27.7 Å².